The van der Waals surface area contributed by atoms with Crippen LogP contribution in [0.5, 0.6) is 0 Å². The van der Waals surface area contributed by atoms with Gasteiger partial charge in [0, 0.05) is 21.8 Å². The van der Waals surface area contributed by atoms with Crippen molar-refractivity contribution in [2.24, 2.45) is 0 Å². The Balaban J connectivity index is 1.90. The quantitative estimate of drug-likeness (QED) is 0.269. The second-order valence-corrected chi connectivity index (χ2v) is 12.1. The monoisotopic (exact) mass is 450 g/mol. The third-order valence-electron chi connectivity index (χ3n) is 6.71. The van der Waals surface area contributed by atoms with Crippen LogP contribution in [0.15, 0.2) is 133 Å². The molecule has 0 saturated carbocycles. The van der Waals surface area contributed by atoms with E-state index in [1.165, 1.54) is 37.4 Å². The van der Waals surface area contributed by atoms with Gasteiger partial charge in [-0.3, -0.25) is 0 Å². The minimum Gasteiger partial charge on any atom is -0.355 e. The maximum Gasteiger partial charge on any atom is 0.257 e. The second-order valence-electron chi connectivity index (χ2n) is 8.50. The first-order valence-corrected chi connectivity index (χ1v) is 13.4. The maximum absolute atomic E-state index is 9.80. The van der Waals surface area contributed by atoms with Gasteiger partial charge in [-0.25, -0.2) is 0 Å². The molecular formula is C31H22N2Si. The summed E-state index contributed by atoms with van der Waals surface area (Å²) < 4.78 is 2.60. The van der Waals surface area contributed by atoms with Crippen molar-refractivity contribution >= 4 is 45.6 Å². The Bertz CT molecular complexity index is 1570. The van der Waals surface area contributed by atoms with E-state index in [0.29, 0.717) is 5.56 Å². The molecule has 160 valence electrons. The highest BCUT2D eigenvalue weighted by Crippen LogP contribution is 2.32. The molecule has 6 aromatic rings. The molecule has 0 N–H and O–H groups in total. The topological polar surface area (TPSA) is 28.7 Å². The fourth-order valence-corrected chi connectivity index (χ4v) is 10.3. The SMILES string of the molecule is N#Cc1cccc([Si](c2ccccc2)(c2ccccc2)n2c3ccccc3c3ccccc32)c1. The van der Waals surface area contributed by atoms with Crippen LogP contribution in [-0.2, 0) is 0 Å². The van der Waals surface area contributed by atoms with Gasteiger partial charge in [0.05, 0.1) is 11.6 Å². The van der Waals surface area contributed by atoms with Crippen molar-refractivity contribution in [2.75, 3.05) is 0 Å². The van der Waals surface area contributed by atoms with Gasteiger partial charge in [-0.2, -0.15) is 5.26 Å². The highest BCUT2D eigenvalue weighted by atomic mass is 28.3. The smallest absolute Gasteiger partial charge is 0.257 e. The Morgan fingerprint density at radius 1 is 0.500 bits per heavy atom. The molecule has 0 aliphatic carbocycles. The van der Waals surface area contributed by atoms with Gasteiger partial charge in [0.1, 0.15) is 0 Å². The van der Waals surface area contributed by atoms with Crippen molar-refractivity contribution in [3.63, 3.8) is 0 Å². The summed E-state index contributed by atoms with van der Waals surface area (Å²) in [4.78, 5) is 0. The molecule has 0 fully saturated rings. The van der Waals surface area contributed by atoms with Gasteiger partial charge >= 0.3 is 0 Å². The van der Waals surface area contributed by atoms with Crippen LogP contribution in [0.2, 0.25) is 0 Å². The standard InChI is InChI=1S/C31H22N2Si/c32-23-24-12-11-17-27(22-24)34(25-13-3-1-4-14-25,26-15-5-2-6-16-26)33-30-20-9-7-18-28(30)29-19-8-10-21-31(29)33/h1-22H. The zero-order chi connectivity index (χ0) is 23.0. The Hall–Kier alpha value is -4.39. The average Bonchev–Trinajstić information content (AvgIpc) is 3.26. The first kappa shape index (κ1) is 20.2. The normalized spacial score (nSPS) is 11.5. The number of fused-ring (bicyclic) bond motifs is 3. The first-order chi connectivity index (χ1) is 16.8. The molecule has 0 saturated heterocycles. The van der Waals surface area contributed by atoms with Crippen LogP contribution in [-0.4, -0.2) is 12.5 Å². The van der Waals surface area contributed by atoms with Gasteiger partial charge in [0.2, 0.25) is 0 Å². The summed E-state index contributed by atoms with van der Waals surface area (Å²) in [7, 11) is -2.86. The van der Waals surface area contributed by atoms with Crippen molar-refractivity contribution in [3.05, 3.63) is 139 Å². The van der Waals surface area contributed by atoms with E-state index in [1.807, 2.05) is 12.1 Å². The number of aromatic nitrogens is 1. The van der Waals surface area contributed by atoms with Gasteiger partial charge in [0.25, 0.3) is 8.24 Å². The van der Waals surface area contributed by atoms with Crippen LogP contribution in [0.3, 0.4) is 0 Å². The van der Waals surface area contributed by atoms with Gasteiger partial charge < -0.3 is 4.23 Å². The van der Waals surface area contributed by atoms with E-state index >= 15 is 0 Å². The number of nitriles is 1. The summed E-state index contributed by atoms with van der Waals surface area (Å²) in [6.07, 6.45) is 0. The van der Waals surface area contributed by atoms with Crippen molar-refractivity contribution in [3.8, 4) is 6.07 Å². The predicted molar refractivity (Wildman–Crippen MR) is 144 cm³/mol. The van der Waals surface area contributed by atoms with E-state index in [9.17, 15) is 5.26 Å². The average molecular weight is 451 g/mol. The highest BCUT2D eigenvalue weighted by molar-refractivity contribution is 7.11. The fourth-order valence-electron chi connectivity index (χ4n) is 5.34. The molecule has 0 aliphatic rings. The Labute approximate surface area is 200 Å². The molecule has 0 spiro atoms. The van der Waals surface area contributed by atoms with Crippen molar-refractivity contribution in [1.82, 2.24) is 4.23 Å². The number of para-hydroxylation sites is 2. The Morgan fingerprint density at radius 2 is 0.971 bits per heavy atom. The summed E-state index contributed by atoms with van der Waals surface area (Å²) in [6.45, 7) is 0. The van der Waals surface area contributed by atoms with E-state index < -0.39 is 8.24 Å². The number of benzene rings is 5. The third kappa shape index (κ3) is 2.93. The number of nitrogens with zero attached hydrogens (tertiary/aromatic N) is 2. The third-order valence-corrected chi connectivity index (χ3v) is 11.3. The van der Waals surface area contributed by atoms with Gasteiger partial charge in [0.15, 0.2) is 0 Å². The van der Waals surface area contributed by atoms with E-state index in [4.69, 9.17) is 0 Å². The highest BCUT2D eigenvalue weighted by Gasteiger charge is 2.44. The minimum absolute atomic E-state index is 0.682. The molecule has 0 bridgehead atoms. The molecule has 5 aromatic carbocycles. The van der Waals surface area contributed by atoms with Crippen molar-refractivity contribution in [2.45, 2.75) is 0 Å². The molecule has 0 aliphatic heterocycles. The first-order valence-electron chi connectivity index (χ1n) is 11.4. The molecule has 0 unspecified atom stereocenters. The van der Waals surface area contributed by atoms with Crippen LogP contribution in [0.4, 0.5) is 0 Å². The molecule has 0 atom stereocenters. The van der Waals surface area contributed by atoms with Crippen LogP contribution in [0.25, 0.3) is 21.8 Å². The van der Waals surface area contributed by atoms with Gasteiger partial charge in [-0.1, -0.05) is 109 Å². The van der Waals surface area contributed by atoms with Crippen LogP contribution < -0.4 is 15.6 Å². The summed E-state index contributed by atoms with van der Waals surface area (Å²) in [5, 5.41) is 16.0. The lowest BCUT2D eigenvalue weighted by molar-refractivity contribution is 1.30. The van der Waals surface area contributed by atoms with Crippen molar-refractivity contribution < 1.29 is 0 Å². The zero-order valence-corrected chi connectivity index (χ0v) is 19.6. The van der Waals surface area contributed by atoms with Crippen LogP contribution >= 0.6 is 0 Å². The van der Waals surface area contributed by atoms with E-state index in [0.717, 1.165) is 0 Å². The predicted octanol–water partition coefficient (Wildman–Crippen LogP) is 5.18. The van der Waals surface area contributed by atoms with Crippen molar-refractivity contribution in [1.29, 1.82) is 5.26 Å². The molecule has 34 heavy (non-hydrogen) atoms. The Kier molecular flexibility index (Phi) is 4.87. The lowest BCUT2D eigenvalue weighted by Crippen LogP contribution is -2.72. The lowest BCUT2D eigenvalue weighted by Gasteiger charge is -2.36. The fraction of sp³-hybridized carbons (Fsp3) is 0. The number of hydrogen-bond donors (Lipinski definition) is 0. The molecule has 6 rings (SSSR count). The summed E-state index contributed by atoms with van der Waals surface area (Å²) in [5.74, 6) is 0. The molecule has 1 heterocycles. The van der Waals surface area contributed by atoms with E-state index in [-0.39, 0.29) is 0 Å². The van der Waals surface area contributed by atoms with Gasteiger partial charge in [-0.05, 0) is 39.8 Å². The maximum atomic E-state index is 9.80. The molecule has 1 aromatic heterocycles. The van der Waals surface area contributed by atoms with Crippen LogP contribution in [0, 0.1) is 11.3 Å². The van der Waals surface area contributed by atoms with E-state index in [2.05, 4.69) is 132 Å². The van der Waals surface area contributed by atoms with Gasteiger partial charge in [-0.15, -0.1) is 0 Å². The summed E-state index contributed by atoms with van der Waals surface area (Å²) in [6, 6.07) is 49.6. The Morgan fingerprint density at radius 3 is 1.50 bits per heavy atom. The zero-order valence-electron chi connectivity index (χ0n) is 18.6. The largest absolute Gasteiger partial charge is 0.355 e. The lowest BCUT2D eigenvalue weighted by atomic mass is 10.2. The molecule has 0 radical (unpaired) electrons. The number of rotatable bonds is 4. The minimum atomic E-state index is -2.86. The molecule has 3 heteroatoms. The second kappa shape index (κ2) is 8.19. The summed E-state index contributed by atoms with van der Waals surface area (Å²) >= 11 is 0. The molecule has 0 amide bonds. The van der Waals surface area contributed by atoms with Crippen LogP contribution in [0.1, 0.15) is 5.56 Å². The van der Waals surface area contributed by atoms with E-state index in [1.54, 1.807) is 0 Å². The molecular weight excluding hydrogens is 428 g/mol. The molecule has 2 nitrogen and oxygen atoms in total. The summed E-state index contributed by atoms with van der Waals surface area (Å²) in [5.41, 5.74) is 3.11. The number of hydrogen-bond acceptors (Lipinski definition) is 1.